The zero-order valence-electron chi connectivity index (χ0n) is 18.6. The van der Waals surface area contributed by atoms with Crippen molar-refractivity contribution in [2.75, 3.05) is 7.11 Å². The SMILES string of the molecule is COc1c(/C(C)=C/C(=O)NCc2ccc(C(=O)O)cc2)cc2c3c(oc2c1C)CCCC3. The number of amides is 1. The van der Waals surface area contributed by atoms with Gasteiger partial charge in [-0.05, 0) is 62.4 Å². The lowest BCUT2D eigenvalue weighted by Gasteiger charge is -2.13. The Kier molecular flexibility index (Phi) is 6.04. The molecule has 1 heterocycles. The van der Waals surface area contributed by atoms with E-state index in [1.807, 2.05) is 13.8 Å². The molecule has 6 nitrogen and oxygen atoms in total. The molecule has 6 heteroatoms. The monoisotopic (exact) mass is 433 g/mol. The van der Waals surface area contributed by atoms with Crippen LogP contribution in [0.2, 0.25) is 0 Å². The van der Waals surface area contributed by atoms with Crippen LogP contribution in [0.5, 0.6) is 5.75 Å². The number of methoxy groups -OCH3 is 1. The predicted molar refractivity (Wildman–Crippen MR) is 123 cm³/mol. The summed E-state index contributed by atoms with van der Waals surface area (Å²) in [6, 6.07) is 8.53. The molecule has 3 aromatic rings. The summed E-state index contributed by atoms with van der Waals surface area (Å²) in [6.45, 7) is 4.21. The number of carbonyl (C=O) groups is 2. The van der Waals surface area contributed by atoms with Crippen molar-refractivity contribution >= 4 is 28.4 Å². The van der Waals surface area contributed by atoms with Crippen LogP contribution >= 0.6 is 0 Å². The van der Waals surface area contributed by atoms with Crippen LogP contribution in [0.4, 0.5) is 0 Å². The van der Waals surface area contributed by atoms with Crippen molar-refractivity contribution in [3.63, 3.8) is 0 Å². The Morgan fingerprint density at radius 3 is 2.59 bits per heavy atom. The predicted octanol–water partition coefficient (Wildman–Crippen LogP) is 5.05. The molecule has 4 rings (SSSR count). The highest BCUT2D eigenvalue weighted by Gasteiger charge is 2.23. The number of ether oxygens (including phenoxy) is 1. The highest BCUT2D eigenvalue weighted by molar-refractivity contribution is 5.98. The van der Waals surface area contributed by atoms with Crippen LogP contribution in [0.3, 0.4) is 0 Å². The molecule has 166 valence electrons. The number of aromatic carboxylic acids is 1. The van der Waals surface area contributed by atoms with E-state index in [9.17, 15) is 9.59 Å². The first-order valence-corrected chi connectivity index (χ1v) is 10.8. The summed E-state index contributed by atoms with van der Waals surface area (Å²) < 4.78 is 11.9. The van der Waals surface area contributed by atoms with Crippen LogP contribution in [0, 0.1) is 6.92 Å². The molecule has 0 aliphatic heterocycles. The Labute approximate surface area is 186 Å². The van der Waals surface area contributed by atoms with Gasteiger partial charge in [0.25, 0.3) is 0 Å². The van der Waals surface area contributed by atoms with Crippen molar-refractivity contribution in [2.45, 2.75) is 46.1 Å². The van der Waals surface area contributed by atoms with Crippen molar-refractivity contribution in [3.8, 4) is 5.75 Å². The molecule has 0 bridgehead atoms. The molecule has 0 fully saturated rings. The number of allylic oxidation sites excluding steroid dienone is 1. The van der Waals surface area contributed by atoms with Gasteiger partial charge in [-0.2, -0.15) is 0 Å². The zero-order chi connectivity index (χ0) is 22.8. The van der Waals surface area contributed by atoms with E-state index in [1.54, 1.807) is 25.3 Å². The highest BCUT2D eigenvalue weighted by Crippen LogP contribution is 2.40. The summed E-state index contributed by atoms with van der Waals surface area (Å²) in [6.07, 6.45) is 5.85. The van der Waals surface area contributed by atoms with Gasteiger partial charge in [0, 0.05) is 41.1 Å². The van der Waals surface area contributed by atoms with Gasteiger partial charge in [-0.25, -0.2) is 4.79 Å². The van der Waals surface area contributed by atoms with E-state index >= 15 is 0 Å². The van der Waals surface area contributed by atoms with Crippen molar-refractivity contribution in [2.24, 2.45) is 0 Å². The Balaban J connectivity index is 1.58. The number of hydrogen-bond donors (Lipinski definition) is 2. The normalized spacial score (nSPS) is 13.7. The van der Waals surface area contributed by atoms with Gasteiger partial charge in [-0.1, -0.05) is 12.1 Å². The maximum atomic E-state index is 12.6. The Morgan fingerprint density at radius 1 is 1.19 bits per heavy atom. The second-order valence-electron chi connectivity index (χ2n) is 8.22. The van der Waals surface area contributed by atoms with Crippen LogP contribution in [0.15, 0.2) is 40.8 Å². The first-order chi connectivity index (χ1) is 15.4. The maximum Gasteiger partial charge on any atom is 0.335 e. The molecule has 0 radical (unpaired) electrons. The number of nitrogens with one attached hydrogen (secondary N) is 1. The largest absolute Gasteiger partial charge is 0.496 e. The highest BCUT2D eigenvalue weighted by atomic mass is 16.5. The van der Waals surface area contributed by atoms with E-state index < -0.39 is 5.97 Å². The maximum absolute atomic E-state index is 12.6. The summed E-state index contributed by atoms with van der Waals surface area (Å²) in [5, 5.41) is 13.0. The molecule has 0 saturated carbocycles. The fourth-order valence-corrected chi connectivity index (χ4v) is 4.37. The smallest absolute Gasteiger partial charge is 0.335 e. The van der Waals surface area contributed by atoms with Crippen molar-refractivity contribution in [1.82, 2.24) is 5.32 Å². The standard InChI is InChI=1S/C26H27NO5/c1-15(12-23(28)27-14-17-8-10-18(11-9-17)26(29)30)20-13-21-19-6-4-5-7-22(19)32-25(21)16(2)24(20)31-3/h8-13H,4-7,14H2,1-3H3,(H,27,28)(H,29,30)/b15-12+. The molecule has 2 N–H and O–H groups in total. The molecule has 0 unspecified atom stereocenters. The van der Waals surface area contributed by atoms with Gasteiger partial charge in [-0.15, -0.1) is 0 Å². The topological polar surface area (TPSA) is 88.8 Å². The minimum absolute atomic E-state index is 0.218. The number of carboxylic acid groups (broad SMARTS) is 1. The van der Waals surface area contributed by atoms with Gasteiger partial charge in [-0.3, -0.25) is 4.79 Å². The minimum atomic E-state index is -0.973. The van der Waals surface area contributed by atoms with Crippen molar-refractivity contribution in [3.05, 3.63) is 70.0 Å². The van der Waals surface area contributed by atoms with Crippen LogP contribution in [-0.4, -0.2) is 24.1 Å². The lowest BCUT2D eigenvalue weighted by atomic mass is 9.93. The second-order valence-corrected chi connectivity index (χ2v) is 8.22. The third-order valence-corrected chi connectivity index (χ3v) is 6.07. The molecular formula is C26H27NO5. The Bertz CT molecular complexity index is 1220. The number of benzene rings is 2. The third kappa shape index (κ3) is 4.13. The number of carboxylic acids is 1. The summed E-state index contributed by atoms with van der Waals surface area (Å²) in [4.78, 5) is 23.5. The minimum Gasteiger partial charge on any atom is -0.496 e. The van der Waals surface area contributed by atoms with Crippen molar-refractivity contribution in [1.29, 1.82) is 0 Å². The molecule has 1 aliphatic carbocycles. The first-order valence-electron chi connectivity index (χ1n) is 10.8. The van der Waals surface area contributed by atoms with E-state index in [0.717, 1.165) is 70.4 Å². The molecule has 1 aliphatic rings. The molecule has 2 aromatic carbocycles. The van der Waals surface area contributed by atoms with E-state index in [-0.39, 0.29) is 11.5 Å². The first kappa shape index (κ1) is 21.7. The van der Waals surface area contributed by atoms with Crippen LogP contribution in [0.1, 0.15) is 58.1 Å². The van der Waals surface area contributed by atoms with E-state index in [1.165, 1.54) is 17.7 Å². The quantitative estimate of drug-likeness (QED) is 0.531. The van der Waals surface area contributed by atoms with E-state index in [2.05, 4.69) is 11.4 Å². The summed E-state index contributed by atoms with van der Waals surface area (Å²) >= 11 is 0. The number of aryl methyl sites for hydroxylation is 3. The Morgan fingerprint density at radius 2 is 1.91 bits per heavy atom. The number of rotatable bonds is 6. The summed E-state index contributed by atoms with van der Waals surface area (Å²) in [5.74, 6) is 0.592. The lowest BCUT2D eigenvalue weighted by Crippen LogP contribution is -2.20. The average Bonchev–Trinajstić information content (AvgIpc) is 3.17. The number of carbonyl (C=O) groups excluding carboxylic acids is 1. The molecule has 1 amide bonds. The van der Waals surface area contributed by atoms with Gasteiger partial charge >= 0.3 is 5.97 Å². The number of furan rings is 1. The average molecular weight is 434 g/mol. The van der Waals surface area contributed by atoms with Crippen LogP contribution in [0.25, 0.3) is 16.5 Å². The van der Waals surface area contributed by atoms with Crippen LogP contribution < -0.4 is 10.1 Å². The van der Waals surface area contributed by atoms with Gasteiger partial charge in [0.1, 0.15) is 17.1 Å². The van der Waals surface area contributed by atoms with E-state index in [0.29, 0.717) is 6.54 Å². The van der Waals surface area contributed by atoms with Gasteiger partial charge < -0.3 is 19.6 Å². The summed E-state index contributed by atoms with van der Waals surface area (Å²) in [5.41, 5.74) is 5.83. The molecule has 0 atom stereocenters. The molecular weight excluding hydrogens is 406 g/mol. The number of hydrogen-bond acceptors (Lipinski definition) is 4. The van der Waals surface area contributed by atoms with Gasteiger partial charge in [0.2, 0.25) is 5.91 Å². The van der Waals surface area contributed by atoms with Gasteiger partial charge in [0.15, 0.2) is 0 Å². The molecule has 0 spiro atoms. The third-order valence-electron chi connectivity index (χ3n) is 6.07. The van der Waals surface area contributed by atoms with Crippen molar-refractivity contribution < 1.29 is 23.8 Å². The molecule has 0 saturated heterocycles. The van der Waals surface area contributed by atoms with Gasteiger partial charge in [0.05, 0.1) is 12.7 Å². The molecule has 1 aromatic heterocycles. The lowest BCUT2D eigenvalue weighted by molar-refractivity contribution is -0.116. The van der Waals surface area contributed by atoms with Crippen LogP contribution in [-0.2, 0) is 24.2 Å². The number of fused-ring (bicyclic) bond motifs is 3. The zero-order valence-corrected chi connectivity index (χ0v) is 18.6. The molecule has 32 heavy (non-hydrogen) atoms. The Hall–Kier alpha value is -3.54. The fourth-order valence-electron chi connectivity index (χ4n) is 4.37. The van der Waals surface area contributed by atoms with E-state index in [4.69, 9.17) is 14.3 Å². The summed E-state index contributed by atoms with van der Waals surface area (Å²) in [7, 11) is 1.63. The second kappa shape index (κ2) is 8.91. The fraction of sp³-hybridized carbons (Fsp3) is 0.308.